The number of nitrogens with one attached hydrogen (secondary N) is 1. The molecule has 1 unspecified atom stereocenters. The molecule has 0 bridgehead atoms. The molecule has 0 aliphatic heterocycles. The number of aliphatic hydroxyl groups is 1. The highest BCUT2D eigenvalue weighted by molar-refractivity contribution is 4.73. The molecule has 2 nitrogen and oxygen atoms in total. The van der Waals surface area contributed by atoms with Crippen molar-refractivity contribution < 1.29 is 5.11 Å². The Morgan fingerprint density at radius 3 is 2.29 bits per heavy atom. The summed E-state index contributed by atoms with van der Waals surface area (Å²) in [6.45, 7) is 5.98. The van der Waals surface area contributed by atoms with Gasteiger partial charge in [-0.1, -0.05) is 26.2 Å². The van der Waals surface area contributed by atoms with Gasteiger partial charge in [0.1, 0.15) is 0 Å². The molecule has 0 radical (unpaired) electrons. The van der Waals surface area contributed by atoms with Crippen LogP contribution in [0, 0.1) is 11.8 Å². The lowest BCUT2D eigenvalue weighted by Crippen LogP contribution is -2.31. The van der Waals surface area contributed by atoms with Gasteiger partial charge in [0.15, 0.2) is 0 Å². The zero-order chi connectivity index (χ0) is 10.4. The Morgan fingerprint density at radius 2 is 1.79 bits per heavy atom. The first-order valence-electron chi connectivity index (χ1n) is 6.11. The van der Waals surface area contributed by atoms with Gasteiger partial charge in [-0.25, -0.2) is 0 Å². The molecule has 14 heavy (non-hydrogen) atoms. The Hall–Kier alpha value is -0.0800. The minimum Gasteiger partial charge on any atom is -0.392 e. The molecule has 1 rings (SSSR count). The molecule has 0 aromatic carbocycles. The average molecular weight is 199 g/mol. The highest BCUT2D eigenvalue weighted by atomic mass is 16.3. The fourth-order valence-electron chi connectivity index (χ4n) is 2.34. The second-order valence-electron chi connectivity index (χ2n) is 4.80. The van der Waals surface area contributed by atoms with Gasteiger partial charge in [-0.3, -0.25) is 0 Å². The lowest BCUT2D eigenvalue weighted by atomic mass is 9.81. The number of rotatable bonds is 5. The van der Waals surface area contributed by atoms with Gasteiger partial charge >= 0.3 is 0 Å². The van der Waals surface area contributed by atoms with Gasteiger partial charge in [0, 0.05) is 6.54 Å². The van der Waals surface area contributed by atoms with Crippen LogP contribution in [-0.4, -0.2) is 24.3 Å². The van der Waals surface area contributed by atoms with Crippen molar-refractivity contribution >= 4 is 0 Å². The maximum atomic E-state index is 9.10. The number of hydrogen-bond donors (Lipinski definition) is 2. The van der Waals surface area contributed by atoms with Gasteiger partial charge in [-0.2, -0.15) is 0 Å². The summed E-state index contributed by atoms with van der Waals surface area (Å²) in [6, 6.07) is 0. The first-order chi connectivity index (χ1) is 6.72. The summed E-state index contributed by atoms with van der Waals surface area (Å²) < 4.78 is 0. The summed E-state index contributed by atoms with van der Waals surface area (Å²) in [4.78, 5) is 0. The fraction of sp³-hybridized carbons (Fsp3) is 1.00. The molecule has 1 saturated carbocycles. The molecule has 2 N–H and O–H groups in total. The maximum absolute atomic E-state index is 9.10. The van der Waals surface area contributed by atoms with E-state index in [9.17, 15) is 0 Å². The smallest absolute Gasteiger partial charge is 0.0636 e. The molecule has 1 aliphatic carbocycles. The molecule has 0 aromatic heterocycles. The second kappa shape index (κ2) is 6.41. The predicted molar refractivity (Wildman–Crippen MR) is 60.3 cm³/mol. The Kier molecular flexibility index (Phi) is 5.49. The van der Waals surface area contributed by atoms with Crippen molar-refractivity contribution in [2.24, 2.45) is 11.8 Å². The molecular weight excluding hydrogens is 174 g/mol. The molecule has 1 aliphatic rings. The molecule has 0 amide bonds. The first-order valence-corrected chi connectivity index (χ1v) is 6.11. The molecule has 0 spiro atoms. The molecule has 0 saturated heterocycles. The summed E-state index contributed by atoms with van der Waals surface area (Å²) in [6.07, 6.45) is 6.74. The van der Waals surface area contributed by atoms with Crippen molar-refractivity contribution in [3.63, 3.8) is 0 Å². The Morgan fingerprint density at radius 1 is 1.21 bits per heavy atom. The minimum atomic E-state index is -0.206. The highest BCUT2D eigenvalue weighted by Crippen LogP contribution is 2.29. The molecule has 84 valence electrons. The Bertz CT molecular complexity index is 139. The normalized spacial score (nSPS) is 30.2. The highest BCUT2D eigenvalue weighted by Gasteiger charge is 2.19. The van der Waals surface area contributed by atoms with E-state index in [0.29, 0.717) is 0 Å². The average Bonchev–Trinajstić information content (AvgIpc) is 2.18. The van der Waals surface area contributed by atoms with Crippen molar-refractivity contribution in [1.29, 1.82) is 0 Å². The van der Waals surface area contributed by atoms with Gasteiger partial charge in [-0.15, -0.1) is 0 Å². The van der Waals surface area contributed by atoms with Crippen LogP contribution in [0.4, 0.5) is 0 Å². The van der Waals surface area contributed by atoms with E-state index in [1.807, 2.05) is 6.92 Å². The summed E-state index contributed by atoms with van der Waals surface area (Å²) in [7, 11) is 0. The van der Waals surface area contributed by atoms with E-state index in [4.69, 9.17) is 5.11 Å². The van der Waals surface area contributed by atoms with E-state index in [1.165, 1.54) is 32.1 Å². The standard InChI is InChI=1S/C12H25NO/c1-3-11-4-6-12(7-5-11)9-13-8-10(2)14/h10-14H,3-9H2,1-2H3. The van der Waals surface area contributed by atoms with Gasteiger partial charge in [-0.05, 0) is 38.1 Å². The van der Waals surface area contributed by atoms with E-state index in [-0.39, 0.29) is 6.10 Å². The summed E-state index contributed by atoms with van der Waals surface area (Å²) in [5, 5.41) is 12.4. The third-order valence-corrected chi connectivity index (χ3v) is 3.42. The Balaban J connectivity index is 2.04. The van der Waals surface area contributed by atoms with Crippen LogP contribution < -0.4 is 5.32 Å². The zero-order valence-corrected chi connectivity index (χ0v) is 9.63. The van der Waals surface area contributed by atoms with Crippen molar-refractivity contribution in [2.75, 3.05) is 13.1 Å². The van der Waals surface area contributed by atoms with Crippen LogP contribution in [0.5, 0.6) is 0 Å². The SMILES string of the molecule is CCC1CCC(CNCC(C)O)CC1. The third-order valence-electron chi connectivity index (χ3n) is 3.42. The quantitative estimate of drug-likeness (QED) is 0.711. The molecule has 0 aromatic rings. The van der Waals surface area contributed by atoms with Gasteiger partial charge < -0.3 is 10.4 Å². The minimum absolute atomic E-state index is 0.206. The van der Waals surface area contributed by atoms with E-state index >= 15 is 0 Å². The van der Waals surface area contributed by atoms with Crippen LogP contribution in [0.25, 0.3) is 0 Å². The topological polar surface area (TPSA) is 32.3 Å². The van der Waals surface area contributed by atoms with Crippen molar-refractivity contribution in [3.8, 4) is 0 Å². The molecule has 1 atom stereocenters. The monoisotopic (exact) mass is 199 g/mol. The predicted octanol–water partition coefficient (Wildman–Crippen LogP) is 2.17. The summed E-state index contributed by atoms with van der Waals surface area (Å²) in [5.41, 5.74) is 0. The summed E-state index contributed by atoms with van der Waals surface area (Å²) >= 11 is 0. The van der Waals surface area contributed by atoms with Gasteiger partial charge in [0.25, 0.3) is 0 Å². The lowest BCUT2D eigenvalue weighted by molar-refractivity contribution is 0.184. The van der Waals surface area contributed by atoms with Gasteiger partial charge in [0.2, 0.25) is 0 Å². The van der Waals surface area contributed by atoms with Crippen LogP contribution >= 0.6 is 0 Å². The van der Waals surface area contributed by atoms with Crippen LogP contribution in [0.15, 0.2) is 0 Å². The zero-order valence-electron chi connectivity index (χ0n) is 9.63. The van der Waals surface area contributed by atoms with E-state index < -0.39 is 0 Å². The van der Waals surface area contributed by atoms with Crippen molar-refractivity contribution in [3.05, 3.63) is 0 Å². The lowest BCUT2D eigenvalue weighted by Gasteiger charge is -2.28. The molecule has 2 heteroatoms. The summed E-state index contributed by atoms with van der Waals surface area (Å²) in [5.74, 6) is 1.85. The number of aliphatic hydroxyl groups excluding tert-OH is 1. The molecule has 0 heterocycles. The number of hydrogen-bond acceptors (Lipinski definition) is 2. The van der Waals surface area contributed by atoms with E-state index in [1.54, 1.807) is 0 Å². The van der Waals surface area contributed by atoms with Crippen molar-refractivity contribution in [1.82, 2.24) is 5.32 Å². The third kappa shape index (κ3) is 4.43. The van der Waals surface area contributed by atoms with Crippen LogP contribution in [-0.2, 0) is 0 Å². The van der Waals surface area contributed by atoms with E-state index in [2.05, 4.69) is 12.2 Å². The second-order valence-corrected chi connectivity index (χ2v) is 4.80. The van der Waals surface area contributed by atoms with Crippen LogP contribution in [0.2, 0.25) is 0 Å². The van der Waals surface area contributed by atoms with E-state index in [0.717, 1.165) is 24.9 Å². The van der Waals surface area contributed by atoms with Crippen molar-refractivity contribution in [2.45, 2.75) is 52.1 Å². The fourth-order valence-corrected chi connectivity index (χ4v) is 2.34. The molecular formula is C12H25NO. The largest absolute Gasteiger partial charge is 0.392 e. The maximum Gasteiger partial charge on any atom is 0.0636 e. The molecule has 1 fully saturated rings. The van der Waals surface area contributed by atoms with Crippen LogP contribution in [0.3, 0.4) is 0 Å². The Labute approximate surface area is 88.1 Å². The van der Waals surface area contributed by atoms with Crippen LogP contribution in [0.1, 0.15) is 46.0 Å². The van der Waals surface area contributed by atoms with Gasteiger partial charge in [0.05, 0.1) is 6.10 Å². The first kappa shape index (κ1) is 12.0.